The van der Waals surface area contributed by atoms with E-state index in [0.29, 0.717) is 46.8 Å². The lowest BCUT2D eigenvalue weighted by molar-refractivity contribution is -0.129. The Hall–Kier alpha value is -2.28. The second kappa shape index (κ2) is 8.22. The van der Waals surface area contributed by atoms with Gasteiger partial charge in [0.25, 0.3) is 5.91 Å². The van der Waals surface area contributed by atoms with Gasteiger partial charge in [-0.2, -0.15) is 0 Å². The molecule has 1 N–H and O–H groups in total. The molecule has 0 spiro atoms. The van der Waals surface area contributed by atoms with Crippen molar-refractivity contribution in [2.24, 2.45) is 0 Å². The monoisotopic (exact) mass is 447 g/mol. The molecule has 0 radical (unpaired) electrons. The Morgan fingerprint density at radius 3 is 2.41 bits per heavy atom. The van der Waals surface area contributed by atoms with Crippen molar-refractivity contribution in [3.05, 3.63) is 57.4 Å². The molecule has 0 bridgehead atoms. The van der Waals surface area contributed by atoms with Gasteiger partial charge in [-0.05, 0) is 18.2 Å². The third-order valence-corrected chi connectivity index (χ3v) is 7.00. The Kier molecular flexibility index (Phi) is 5.67. The molecule has 1 aliphatic heterocycles. The van der Waals surface area contributed by atoms with E-state index in [0.717, 1.165) is 15.8 Å². The maximum atomic E-state index is 13.0. The summed E-state index contributed by atoms with van der Waals surface area (Å²) in [7, 11) is 0. The fourth-order valence-corrected chi connectivity index (χ4v) is 5.23. The molecule has 2 amide bonds. The summed E-state index contributed by atoms with van der Waals surface area (Å²) in [5.74, 6) is -0.196. The zero-order valence-corrected chi connectivity index (χ0v) is 18.1. The number of hydrogen-bond acceptors (Lipinski definition) is 4. The first-order valence-electron chi connectivity index (χ1n) is 9.23. The SMILES string of the molecule is CC(=O)N1CCN(c2c(Cl)cccc2NC(=O)c2sc3ccccc3c2Cl)CC1. The normalized spacial score (nSPS) is 14.3. The van der Waals surface area contributed by atoms with Crippen molar-refractivity contribution in [1.29, 1.82) is 0 Å². The number of benzene rings is 2. The predicted molar refractivity (Wildman–Crippen MR) is 121 cm³/mol. The molecule has 2 aromatic carbocycles. The van der Waals surface area contributed by atoms with Gasteiger partial charge in [0, 0.05) is 43.2 Å². The third-order valence-electron chi connectivity index (χ3n) is 5.02. The molecule has 150 valence electrons. The number of fused-ring (bicyclic) bond motifs is 1. The number of carbonyl (C=O) groups is 2. The molecular formula is C21H19Cl2N3O2S. The first-order chi connectivity index (χ1) is 14.0. The summed E-state index contributed by atoms with van der Waals surface area (Å²) in [4.78, 5) is 29.0. The molecule has 1 saturated heterocycles. The van der Waals surface area contributed by atoms with Gasteiger partial charge in [-0.15, -0.1) is 11.3 Å². The van der Waals surface area contributed by atoms with Gasteiger partial charge in [-0.3, -0.25) is 9.59 Å². The quantitative estimate of drug-likeness (QED) is 0.605. The highest BCUT2D eigenvalue weighted by Crippen LogP contribution is 2.38. The van der Waals surface area contributed by atoms with Gasteiger partial charge >= 0.3 is 0 Å². The second-order valence-corrected chi connectivity index (χ2v) is 8.66. The van der Waals surface area contributed by atoms with Crippen molar-refractivity contribution in [3.8, 4) is 0 Å². The number of amides is 2. The largest absolute Gasteiger partial charge is 0.365 e. The minimum absolute atomic E-state index is 0.0664. The van der Waals surface area contributed by atoms with Gasteiger partial charge in [0.15, 0.2) is 0 Å². The number of anilines is 2. The number of para-hydroxylation sites is 1. The van der Waals surface area contributed by atoms with E-state index in [1.165, 1.54) is 11.3 Å². The van der Waals surface area contributed by atoms with Crippen LogP contribution < -0.4 is 10.2 Å². The number of rotatable bonds is 3. The fraction of sp³-hybridized carbons (Fsp3) is 0.238. The van der Waals surface area contributed by atoms with Crippen LogP contribution in [0.3, 0.4) is 0 Å². The van der Waals surface area contributed by atoms with Crippen molar-refractivity contribution in [3.63, 3.8) is 0 Å². The summed E-state index contributed by atoms with van der Waals surface area (Å²) < 4.78 is 0.967. The van der Waals surface area contributed by atoms with Crippen LogP contribution in [0, 0.1) is 0 Å². The maximum Gasteiger partial charge on any atom is 0.267 e. The van der Waals surface area contributed by atoms with Crippen LogP contribution in [0.1, 0.15) is 16.6 Å². The topological polar surface area (TPSA) is 52.7 Å². The van der Waals surface area contributed by atoms with Crippen LogP contribution in [0.4, 0.5) is 11.4 Å². The van der Waals surface area contributed by atoms with Crippen LogP contribution in [0.5, 0.6) is 0 Å². The van der Waals surface area contributed by atoms with E-state index >= 15 is 0 Å². The first-order valence-corrected chi connectivity index (χ1v) is 10.8. The molecule has 1 fully saturated rings. The molecule has 0 saturated carbocycles. The number of nitrogens with zero attached hydrogens (tertiary/aromatic N) is 2. The van der Waals surface area contributed by atoms with Gasteiger partial charge in [-0.1, -0.05) is 47.5 Å². The molecule has 4 rings (SSSR count). The zero-order chi connectivity index (χ0) is 20.5. The van der Waals surface area contributed by atoms with E-state index in [9.17, 15) is 9.59 Å². The third kappa shape index (κ3) is 3.92. The van der Waals surface area contributed by atoms with Crippen LogP contribution in [-0.4, -0.2) is 42.9 Å². The molecule has 0 unspecified atom stereocenters. The van der Waals surface area contributed by atoms with Gasteiger partial charge in [0.2, 0.25) is 5.91 Å². The number of carbonyl (C=O) groups excluding carboxylic acids is 2. The average Bonchev–Trinajstić information content (AvgIpc) is 3.05. The molecule has 2 heterocycles. The van der Waals surface area contributed by atoms with E-state index in [-0.39, 0.29) is 11.8 Å². The number of halogens is 2. The van der Waals surface area contributed by atoms with Crippen molar-refractivity contribution in [2.45, 2.75) is 6.92 Å². The average molecular weight is 448 g/mol. The van der Waals surface area contributed by atoms with Crippen LogP contribution in [0.15, 0.2) is 42.5 Å². The van der Waals surface area contributed by atoms with Gasteiger partial charge < -0.3 is 15.1 Å². The molecule has 1 aromatic heterocycles. The summed E-state index contributed by atoms with van der Waals surface area (Å²) in [5.41, 5.74) is 1.40. The first kappa shape index (κ1) is 20.0. The van der Waals surface area contributed by atoms with Crippen molar-refractivity contribution < 1.29 is 9.59 Å². The summed E-state index contributed by atoms with van der Waals surface area (Å²) in [5, 5.41) is 4.87. The summed E-state index contributed by atoms with van der Waals surface area (Å²) in [6, 6.07) is 13.1. The molecule has 5 nitrogen and oxygen atoms in total. The lowest BCUT2D eigenvalue weighted by Crippen LogP contribution is -2.48. The minimum Gasteiger partial charge on any atom is -0.365 e. The molecule has 0 aliphatic carbocycles. The second-order valence-electron chi connectivity index (χ2n) is 6.82. The van der Waals surface area contributed by atoms with Crippen LogP contribution in [0.2, 0.25) is 10.0 Å². The molecular weight excluding hydrogens is 429 g/mol. The summed E-state index contributed by atoms with van der Waals surface area (Å²) >= 11 is 14.3. The van der Waals surface area contributed by atoms with E-state index in [1.807, 2.05) is 35.2 Å². The molecule has 0 atom stereocenters. The van der Waals surface area contributed by atoms with Crippen molar-refractivity contribution >= 4 is 67.8 Å². The lowest BCUT2D eigenvalue weighted by Gasteiger charge is -2.36. The van der Waals surface area contributed by atoms with Gasteiger partial charge in [0.05, 0.1) is 21.4 Å². The van der Waals surface area contributed by atoms with E-state index in [4.69, 9.17) is 23.2 Å². The Morgan fingerprint density at radius 2 is 1.72 bits per heavy atom. The van der Waals surface area contributed by atoms with E-state index in [2.05, 4.69) is 10.2 Å². The molecule has 1 aliphatic rings. The highest BCUT2D eigenvalue weighted by molar-refractivity contribution is 7.21. The Labute approximate surface area is 182 Å². The Morgan fingerprint density at radius 1 is 1.00 bits per heavy atom. The standard InChI is InChI=1S/C21H19Cl2N3O2S/c1-13(27)25-9-11-26(12-10-25)19-15(22)6-4-7-16(19)24-21(28)20-18(23)14-5-2-3-8-17(14)29-20/h2-8H,9-12H2,1H3,(H,24,28). The number of hydrogen-bond donors (Lipinski definition) is 1. The van der Waals surface area contributed by atoms with E-state index in [1.54, 1.807) is 19.1 Å². The lowest BCUT2D eigenvalue weighted by atomic mass is 10.2. The van der Waals surface area contributed by atoms with Crippen molar-refractivity contribution in [2.75, 3.05) is 36.4 Å². The van der Waals surface area contributed by atoms with Gasteiger partial charge in [-0.25, -0.2) is 0 Å². The number of nitrogens with one attached hydrogen (secondary N) is 1. The highest BCUT2D eigenvalue weighted by atomic mass is 35.5. The summed E-state index contributed by atoms with van der Waals surface area (Å²) in [6.45, 7) is 4.11. The van der Waals surface area contributed by atoms with Crippen LogP contribution in [0.25, 0.3) is 10.1 Å². The predicted octanol–water partition coefficient (Wildman–Crippen LogP) is 5.13. The minimum atomic E-state index is -0.262. The van der Waals surface area contributed by atoms with Gasteiger partial charge in [0.1, 0.15) is 4.88 Å². The Balaban J connectivity index is 1.61. The maximum absolute atomic E-state index is 13.0. The Bertz CT molecular complexity index is 1090. The molecule has 3 aromatic rings. The zero-order valence-electron chi connectivity index (χ0n) is 15.7. The fourth-order valence-electron chi connectivity index (χ4n) is 3.52. The molecule has 8 heteroatoms. The highest BCUT2D eigenvalue weighted by Gasteiger charge is 2.24. The number of piperazine rings is 1. The van der Waals surface area contributed by atoms with Crippen LogP contribution >= 0.6 is 34.5 Å². The van der Waals surface area contributed by atoms with Crippen LogP contribution in [-0.2, 0) is 4.79 Å². The molecule has 29 heavy (non-hydrogen) atoms. The van der Waals surface area contributed by atoms with Crippen molar-refractivity contribution in [1.82, 2.24) is 4.90 Å². The smallest absolute Gasteiger partial charge is 0.267 e. The number of thiophene rings is 1. The summed E-state index contributed by atoms with van der Waals surface area (Å²) in [6.07, 6.45) is 0. The van der Waals surface area contributed by atoms with E-state index < -0.39 is 0 Å².